The third kappa shape index (κ3) is 7.02. The Balaban J connectivity index is 1.57. The Morgan fingerprint density at radius 1 is 0.727 bits per heavy atom. The Labute approximate surface area is 195 Å². The van der Waals surface area contributed by atoms with E-state index in [0.29, 0.717) is 21.7 Å². The van der Waals surface area contributed by atoms with Gasteiger partial charge in [-0.15, -0.1) is 0 Å². The first-order valence-corrected chi connectivity index (χ1v) is 10.5. The van der Waals surface area contributed by atoms with Crippen molar-refractivity contribution in [1.82, 2.24) is 10.6 Å². The van der Waals surface area contributed by atoms with E-state index in [1.807, 2.05) is 0 Å². The van der Waals surface area contributed by atoms with Crippen LogP contribution >= 0.6 is 11.6 Å². The second-order valence-corrected chi connectivity index (χ2v) is 7.41. The van der Waals surface area contributed by atoms with Gasteiger partial charge in [0, 0.05) is 21.7 Å². The predicted octanol–water partition coefficient (Wildman–Crippen LogP) is 3.35. The smallest absolute Gasteiger partial charge is 0.326 e. The molecule has 0 bridgehead atoms. The van der Waals surface area contributed by atoms with Gasteiger partial charge < -0.3 is 15.4 Å². The first kappa shape index (κ1) is 23.7. The van der Waals surface area contributed by atoms with Gasteiger partial charge in [0.2, 0.25) is 11.7 Å². The lowest BCUT2D eigenvalue weighted by molar-refractivity contribution is -0.147. The van der Waals surface area contributed by atoms with Crippen molar-refractivity contribution < 1.29 is 23.9 Å². The number of ether oxygens (including phenoxy) is 1. The van der Waals surface area contributed by atoms with Crippen LogP contribution in [0.15, 0.2) is 84.9 Å². The quantitative estimate of drug-likeness (QED) is 0.373. The van der Waals surface area contributed by atoms with Gasteiger partial charge in [-0.3, -0.25) is 19.2 Å². The molecule has 0 aliphatic heterocycles. The number of halogens is 1. The molecular weight excluding hydrogens is 444 g/mol. The van der Waals surface area contributed by atoms with Gasteiger partial charge in [0.05, 0.1) is 6.54 Å². The van der Waals surface area contributed by atoms with E-state index in [1.54, 1.807) is 84.9 Å². The molecule has 0 spiro atoms. The molecule has 1 atom stereocenters. The Morgan fingerprint density at radius 3 is 1.91 bits per heavy atom. The number of rotatable bonds is 9. The lowest BCUT2D eigenvalue weighted by atomic mass is 10.00. The maximum absolute atomic E-state index is 13.0. The molecule has 168 valence electrons. The number of benzene rings is 3. The number of amides is 2. The van der Waals surface area contributed by atoms with Crippen molar-refractivity contribution in [1.29, 1.82) is 0 Å². The summed E-state index contributed by atoms with van der Waals surface area (Å²) in [5.41, 5.74) is 1.23. The van der Waals surface area contributed by atoms with Crippen LogP contribution in [-0.4, -0.2) is 36.7 Å². The molecule has 33 heavy (non-hydrogen) atoms. The van der Waals surface area contributed by atoms with Gasteiger partial charge in [0.1, 0.15) is 6.54 Å². The number of carbonyl (C=O) groups is 4. The number of ketones is 1. The van der Waals surface area contributed by atoms with E-state index < -0.39 is 36.2 Å². The number of hydrogen-bond donors (Lipinski definition) is 2. The molecule has 0 aliphatic carbocycles. The van der Waals surface area contributed by atoms with E-state index in [0.717, 1.165) is 0 Å². The van der Waals surface area contributed by atoms with E-state index >= 15 is 0 Å². The zero-order valence-corrected chi connectivity index (χ0v) is 18.2. The first-order valence-electron chi connectivity index (χ1n) is 10.1. The summed E-state index contributed by atoms with van der Waals surface area (Å²) in [5.74, 6) is -2.20. The first-order chi connectivity index (χ1) is 15.9. The van der Waals surface area contributed by atoms with Gasteiger partial charge in [-0.1, -0.05) is 72.3 Å². The predicted molar refractivity (Wildman–Crippen MR) is 123 cm³/mol. The summed E-state index contributed by atoms with van der Waals surface area (Å²) in [7, 11) is 0. The van der Waals surface area contributed by atoms with Crippen molar-refractivity contribution >= 4 is 35.2 Å². The van der Waals surface area contributed by atoms with Crippen molar-refractivity contribution in [2.75, 3.05) is 13.1 Å². The number of hydrogen-bond acceptors (Lipinski definition) is 5. The van der Waals surface area contributed by atoms with Crippen LogP contribution in [0.4, 0.5) is 0 Å². The molecule has 8 heteroatoms. The summed E-state index contributed by atoms with van der Waals surface area (Å²) in [6.07, 6.45) is -1.20. The second kappa shape index (κ2) is 11.6. The average molecular weight is 465 g/mol. The maximum atomic E-state index is 13.0. The fourth-order valence-corrected chi connectivity index (χ4v) is 3.05. The fraction of sp³-hybridized carbons (Fsp3) is 0.120. The minimum absolute atomic E-state index is 0.315. The monoisotopic (exact) mass is 464 g/mol. The van der Waals surface area contributed by atoms with Crippen LogP contribution in [0.2, 0.25) is 5.02 Å². The summed E-state index contributed by atoms with van der Waals surface area (Å²) in [5, 5.41) is 5.31. The van der Waals surface area contributed by atoms with E-state index in [1.165, 1.54) is 0 Å². The van der Waals surface area contributed by atoms with Crippen LogP contribution < -0.4 is 10.6 Å². The number of esters is 1. The number of Topliss-reactive ketones (excluding diaryl/α,β-unsaturated/α-hetero) is 1. The molecule has 3 aromatic carbocycles. The minimum Gasteiger partial charge on any atom is -0.448 e. The van der Waals surface area contributed by atoms with Gasteiger partial charge in [-0.2, -0.15) is 0 Å². The van der Waals surface area contributed by atoms with E-state index in [4.69, 9.17) is 16.3 Å². The van der Waals surface area contributed by atoms with Crippen LogP contribution in [0.1, 0.15) is 32.4 Å². The molecule has 3 aromatic rings. The van der Waals surface area contributed by atoms with E-state index in [2.05, 4.69) is 10.6 Å². The van der Waals surface area contributed by atoms with Gasteiger partial charge >= 0.3 is 5.97 Å². The normalized spacial score (nSPS) is 11.2. The zero-order chi connectivity index (χ0) is 23.6. The number of carbonyl (C=O) groups excluding carboxylic acids is 4. The molecular formula is C25H21ClN2O5. The maximum Gasteiger partial charge on any atom is 0.326 e. The Morgan fingerprint density at radius 2 is 1.30 bits per heavy atom. The molecule has 0 heterocycles. The average Bonchev–Trinajstić information content (AvgIpc) is 2.86. The Kier molecular flexibility index (Phi) is 8.32. The highest BCUT2D eigenvalue weighted by atomic mass is 35.5. The standard InChI is InChI=1S/C25H21ClN2O5/c26-20-13-11-18(12-14-20)24(23(31)17-7-3-1-4-8-17)33-22(30)16-27-21(29)15-28-25(32)19-9-5-2-6-10-19/h1-14,24H,15-16H2,(H,27,29)(H,28,32)/t24-/m1/s1. The summed E-state index contributed by atoms with van der Waals surface area (Å²) < 4.78 is 5.40. The Hall–Kier alpha value is -3.97. The van der Waals surface area contributed by atoms with Crippen molar-refractivity contribution in [2.45, 2.75) is 6.10 Å². The second-order valence-electron chi connectivity index (χ2n) is 6.98. The van der Waals surface area contributed by atoms with Crippen molar-refractivity contribution in [2.24, 2.45) is 0 Å². The molecule has 0 unspecified atom stereocenters. The van der Waals surface area contributed by atoms with E-state index in [9.17, 15) is 19.2 Å². The van der Waals surface area contributed by atoms with Gasteiger partial charge in [0.25, 0.3) is 5.91 Å². The molecule has 0 aliphatic rings. The highest BCUT2D eigenvalue weighted by Gasteiger charge is 2.26. The van der Waals surface area contributed by atoms with Crippen LogP contribution in [0.25, 0.3) is 0 Å². The largest absolute Gasteiger partial charge is 0.448 e. The molecule has 7 nitrogen and oxygen atoms in total. The SMILES string of the molecule is O=C(CNC(=O)c1ccccc1)NCC(=O)O[C@@H](C(=O)c1ccccc1)c1ccc(Cl)cc1. The highest BCUT2D eigenvalue weighted by Crippen LogP contribution is 2.24. The molecule has 0 saturated heterocycles. The van der Waals surface area contributed by atoms with Crippen molar-refractivity contribution in [3.8, 4) is 0 Å². The third-order valence-corrected chi connectivity index (χ3v) is 4.85. The molecule has 2 amide bonds. The zero-order valence-electron chi connectivity index (χ0n) is 17.5. The minimum atomic E-state index is -1.20. The molecule has 3 rings (SSSR count). The molecule has 0 aromatic heterocycles. The lowest BCUT2D eigenvalue weighted by Gasteiger charge is -2.18. The van der Waals surface area contributed by atoms with Crippen LogP contribution in [0.5, 0.6) is 0 Å². The van der Waals surface area contributed by atoms with E-state index in [-0.39, 0.29) is 6.54 Å². The topological polar surface area (TPSA) is 102 Å². The van der Waals surface area contributed by atoms with Crippen molar-refractivity contribution in [3.63, 3.8) is 0 Å². The van der Waals surface area contributed by atoms with Gasteiger partial charge in [-0.25, -0.2) is 0 Å². The summed E-state index contributed by atoms with van der Waals surface area (Å²) in [4.78, 5) is 49.4. The summed E-state index contributed by atoms with van der Waals surface area (Å²) in [6.45, 7) is -0.781. The molecule has 2 N–H and O–H groups in total. The molecule has 0 saturated carbocycles. The third-order valence-electron chi connectivity index (χ3n) is 4.59. The number of nitrogens with one attached hydrogen (secondary N) is 2. The summed E-state index contributed by atoms with van der Waals surface area (Å²) >= 11 is 5.92. The fourth-order valence-electron chi connectivity index (χ4n) is 2.92. The van der Waals surface area contributed by atoms with Crippen LogP contribution in [0.3, 0.4) is 0 Å². The summed E-state index contributed by atoms with van der Waals surface area (Å²) in [6, 6.07) is 23.2. The van der Waals surface area contributed by atoms with Gasteiger partial charge in [0.15, 0.2) is 6.10 Å². The van der Waals surface area contributed by atoms with Gasteiger partial charge in [-0.05, 0) is 24.3 Å². The van der Waals surface area contributed by atoms with Crippen molar-refractivity contribution in [3.05, 3.63) is 107 Å². The highest BCUT2D eigenvalue weighted by molar-refractivity contribution is 6.30. The van der Waals surface area contributed by atoms with Crippen LogP contribution in [0, 0.1) is 0 Å². The Bertz CT molecular complexity index is 1120. The van der Waals surface area contributed by atoms with Crippen LogP contribution in [-0.2, 0) is 14.3 Å². The molecule has 0 radical (unpaired) electrons. The lowest BCUT2D eigenvalue weighted by Crippen LogP contribution is -2.39. The molecule has 0 fully saturated rings.